The molecule has 0 bridgehead atoms. The lowest BCUT2D eigenvalue weighted by Gasteiger charge is -2.12. The van der Waals surface area contributed by atoms with E-state index in [1.54, 1.807) is 0 Å². The number of ether oxygens (including phenoxy) is 2. The van der Waals surface area contributed by atoms with Crippen molar-refractivity contribution in [1.29, 1.82) is 0 Å². The molecule has 10 heteroatoms. The minimum Gasteiger partial charge on any atom is -0.493 e. The molecular weight excluding hydrogens is 413 g/mol. The van der Waals surface area contributed by atoms with Crippen LogP contribution in [0.15, 0.2) is 65.8 Å². The van der Waals surface area contributed by atoms with Crippen LogP contribution < -0.4 is 19.5 Å². The van der Waals surface area contributed by atoms with E-state index in [2.05, 4.69) is 15.0 Å². The average molecular weight is 431 g/mol. The first kappa shape index (κ1) is 21.1. The Morgan fingerprint density at radius 2 is 1.73 bits per heavy atom. The van der Waals surface area contributed by atoms with Gasteiger partial charge in [-0.3, -0.25) is 14.5 Å². The van der Waals surface area contributed by atoms with Crippen molar-refractivity contribution in [2.45, 2.75) is 4.90 Å². The number of carbonyl (C=O) groups excluding carboxylic acids is 1. The SMILES string of the molecule is COc1ccc(S(=O)(=O)Nc2cncc(C(=O)Nc3cccc(F)c3)c2)cc1OC. The summed E-state index contributed by atoms with van der Waals surface area (Å²) in [4.78, 5) is 16.2. The van der Waals surface area contributed by atoms with E-state index in [1.807, 2.05) is 0 Å². The number of nitrogens with one attached hydrogen (secondary N) is 2. The molecule has 3 aromatic rings. The first-order valence-electron chi connectivity index (χ1n) is 8.59. The van der Waals surface area contributed by atoms with Crippen molar-refractivity contribution in [3.05, 3.63) is 72.3 Å². The summed E-state index contributed by atoms with van der Waals surface area (Å²) >= 11 is 0. The van der Waals surface area contributed by atoms with Crippen LogP contribution in [0.1, 0.15) is 10.4 Å². The molecule has 0 aliphatic heterocycles. The molecule has 0 fully saturated rings. The standard InChI is InChI=1S/C20H18FN3O5S/c1-28-18-7-6-17(10-19(18)29-2)30(26,27)24-16-8-13(11-22-12-16)20(25)23-15-5-3-4-14(21)9-15/h3-12,24H,1-2H3,(H,23,25). The molecule has 0 unspecified atom stereocenters. The molecule has 0 saturated heterocycles. The summed E-state index contributed by atoms with van der Waals surface area (Å²) < 4.78 is 51.3. The monoisotopic (exact) mass is 431 g/mol. The fourth-order valence-corrected chi connectivity index (χ4v) is 3.64. The molecule has 3 rings (SSSR count). The van der Waals surface area contributed by atoms with Crippen LogP contribution in [0.3, 0.4) is 0 Å². The molecule has 0 atom stereocenters. The molecule has 0 saturated carbocycles. The molecule has 0 aliphatic rings. The summed E-state index contributed by atoms with van der Waals surface area (Å²) in [6.45, 7) is 0. The lowest BCUT2D eigenvalue weighted by Crippen LogP contribution is -2.16. The number of hydrogen-bond donors (Lipinski definition) is 2. The molecule has 30 heavy (non-hydrogen) atoms. The van der Waals surface area contributed by atoms with Crippen LogP contribution in [0.2, 0.25) is 0 Å². The van der Waals surface area contributed by atoms with Gasteiger partial charge in [-0.05, 0) is 36.4 Å². The van der Waals surface area contributed by atoms with Gasteiger partial charge in [-0.15, -0.1) is 0 Å². The highest BCUT2D eigenvalue weighted by atomic mass is 32.2. The van der Waals surface area contributed by atoms with Gasteiger partial charge in [0.25, 0.3) is 15.9 Å². The normalized spacial score (nSPS) is 10.9. The molecule has 2 N–H and O–H groups in total. The Morgan fingerprint density at radius 3 is 2.43 bits per heavy atom. The van der Waals surface area contributed by atoms with Gasteiger partial charge in [-0.25, -0.2) is 12.8 Å². The summed E-state index contributed by atoms with van der Waals surface area (Å²) in [7, 11) is -1.15. The highest BCUT2D eigenvalue weighted by molar-refractivity contribution is 7.92. The summed E-state index contributed by atoms with van der Waals surface area (Å²) in [6, 6.07) is 10.9. The smallest absolute Gasteiger partial charge is 0.262 e. The van der Waals surface area contributed by atoms with Gasteiger partial charge in [0.1, 0.15) is 5.82 Å². The third-order valence-electron chi connectivity index (χ3n) is 4.00. The fraction of sp³-hybridized carbons (Fsp3) is 0.100. The number of methoxy groups -OCH3 is 2. The molecule has 2 aromatic carbocycles. The second kappa shape index (κ2) is 8.78. The van der Waals surface area contributed by atoms with E-state index >= 15 is 0 Å². The lowest BCUT2D eigenvalue weighted by atomic mass is 10.2. The second-order valence-corrected chi connectivity index (χ2v) is 7.73. The summed E-state index contributed by atoms with van der Waals surface area (Å²) in [5.74, 6) is -0.432. The zero-order valence-corrected chi connectivity index (χ0v) is 16.9. The number of sulfonamides is 1. The van der Waals surface area contributed by atoms with Crippen molar-refractivity contribution in [3.8, 4) is 11.5 Å². The minimum atomic E-state index is -3.98. The number of rotatable bonds is 7. The zero-order valence-electron chi connectivity index (χ0n) is 16.0. The number of pyridine rings is 1. The second-order valence-electron chi connectivity index (χ2n) is 6.05. The number of aromatic nitrogens is 1. The molecule has 0 spiro atoms. The van der Waals surface area contributed by atoms with Crippen LogP contribution in [0.5, 0.6) is 11.5 Å². The maximum atomic E-state index is 13.3. The molecular formula is C20H18FN3O5S. The third kappa shape index (κ3) is 4.84. The van der Waals surface area contributed by atoms with Gasteiger partial charge in [-0.1, -0.05) is 6.07 Å². The Kier molecular flexibility index (Phi) is 6.17. The summed E-state index contributed by atoms with van der Waals surface area (Å²) in [6.07, 6.45) is 2.53. The number of amides is 1. The Balaban J connectivity index is 1.81. The van der Waals surface area contributed by atoms with Gasteiger partial charge >= 0.3 is 0 Å². The van der Waals surface area contributed by atoms with Gasteiger partial charge in [-0.2, -0.15) is 0 Å². The van der Waals surface area contributed by atoms with Crippen LogP contribution >= 0.6 is 0 Å². The lowest BCUT2D eigenvalue weighted by molar-refractivity contribution is 0.102. The van der Waals surface area contributed by atoms with Gasteiger partial charge in [0, 0.05) is 18.0 Å². The highest BCUT2D eigenvalue weighted by Crippen LogP contribution is 2.30. The van der Waals surface area contributed by atoms with Crippen molar-refractivity contribution >= 4 is 27.3 Å². The topological polar surface area (TPSA) is 107 Å². The van der Waals surface area contributed by atoms with E-state index in [0.29, 0.717) is 5.75 Å². The van der Waals surface area contributed by atoms with Crippen molar-refractivity contribution in [2.24, 2.45) is 0 Å². The largest absolute Gasteiger partial charge is 0.493 e. The average Bonchev–Trinajstić information content (AvgIpc) is 2.73. The van der Waals surface area contributed by atoms with Crippen LogP contribution in [0, 0.1) is 5.82 Å². The van der Waals surface area contributed by atoms with Crippen molar-refractivity contribution in [3.63, 3.8) is 0 Å². The van der Waals surface area contributed by atoms with Gasteiger partial charge < -0.3 is 14.8 Å². The van der Waals surface area contributed by atoms with E-state index in [1.165, 1.54) is 69.1 Å². The third-order valence-corrected chi connectivity index (χ3v) is 5.38. The van der Waals surface area contributed by atoms with Crippen LogP contribution in [-0.2, 0) is 10.0 Å². The maximum absolute atomic E-state index is 13.3. The van der Waals surface area contributed by atoms with Gasteiger partial charge in [0.05, 0.1) is 36.6 Å². The number of benzene rings is 2. The molecule has 1 aromatic heterocycles. The molecule has 1 amide bonds. The van der Waals surface area contributed by atoms with E-state index in [4.69, 9.17) is 9.47 Å². The Morgan fingerprint density at radius 1 is 0.967 bits per heavy atom. The zero-order chi connectivity index (χ0) is 21.7. The summed E-state index contributed by atoms with van der Waals surface area (Å²) in [5, 5.41) is 2.52. The molecule has 0 radical (unpaired) electrons. The number of hydrogen-bond acceptors (Lipinski definition) is 6. The molecule has 156 valence electrons. The van der Waals surface area contributed by atoms with Crippen LogP contribution in [0.4, 0.5) is 15.8 Å². The predicted octanol–water partition coefficient (Wildman–Crippen LogP) is 3.29. The van der Waals surface area contributed by atoms with E-state index in [9.17, 15) is 17.6 Å². The molecule has 0 aliphatic carbocycles. The van der Waals surface area contributed by atoms with Crippen molar-refractivity contribution in [2.75, 3.05) is 24.3 Å². The van der Waals surface area contributed by atoms with Crippen molar-refractivity contribution < 1.29 is 27.1 Å². The highest BCUT2D eigenvalue weighted by Gasteiger charge is 2.18. The Labute approximate surface area is 172 Å². The van der Waals surface area contributed by atoms with E-state index in [0.717, 1.165) is 6.07 Å². The van der Waals surface area contributed by atoms with Crippen LogP contribution in [0.25, 0.3) is 0 Å². The fourth-order valence-electron chi connectivity index (χ4n) is 2.59. The van der Waals surface area contributed by atoms with Gasteiger partial charge in [0.2, 0.25) is 0 Å². The van der Waals surface area contributed by atoms with Crippen molar-refractivity contribution in [1.82, 2.24) is 4.98 Å². The molecule has 1 heterocycles. The van der Waals surface area contributed by atoms with Gasteiger partial charge in [0.15, 0.2) is 11.5 Å². The predicted molar refractivity (Wildman–Crippen MR) is 109 cm³/mol. The Bertz CT molecular complexity index is 1180. The Hall–Kier alpha value is -3.66. The minimum absolute atomic E-state index is 0.0604. The quantitative estimate of drug-likeness (QED) is 0.595. The van der Waals surface area contributed by atoms with E-state index < -0.39 is 21.7 Å². The number of halogens is 1. The van der Waals surface area contributed by atoms with Crippen LogP contribution in [-0.4, -0.2) is 33.5 Å². The van der Waals surface area contributed by atoms with E-state index in [-0.39, 0.29) is 27.6 Å². The number of anilines is 2. The molecule has 8 nitrogen and oxygen atoms in total. The summed E-state index contributed by atoms with van der Waals surface area (Å²) in [5.41, 5.74) is 0.430. The maximum Gasteiger partial charge on any atom is 0.262 e. The first-order chi connectivity index (χ1) is 14.3. The first-order valence-corrected chi connectivity index (χ1v) is 10.1. The number of nitrogens with zero attached hydrogens (tertiary/aromatic N) is 1. The number of carbonyl (C=O) groups is 1.